The van der Waals surface area contributed by atoms with Crippen molar-refractivity contribution in [3.63, 3.8) is 0 Å². The van der Waals surface area contributed by atoms with Crippen molar-refractivity contribution in [1.82, 2.24) is 0 Å². The fourth-order valence-electron chi connectivity index (χ4n) is 14.6. The van der Waals surface area contributed by atoms with Crippen molar-refractivity contribution < 1.29 is 179 Å². The third kappa shape index (κ3) is 50.6. The van der Waals surface area contributed by atoms with Gasteiger partial charge >= 0.3 is 179 Å². The van der Waals surface area contributed by atoms with Gasteiger partial charge in [-0.3, -0.25) is 0 Å². The standard InChI is InChI=1S/4C27H26P2.8CN.8Au/c4*1-5-14-24(15-6-1)28(25-16-7-2-8-17-25)22-13-23-29(26-18-9-3-10-19-26)27-20-11-4-12-21-27;8*1-2;;;;;;;;/h1-12,14-20,27H,13,22-23H2;3*1-12,14-21H,13,22-23H2;;;;;;;;;;;;;;;;/q-2;;;;8*-1;8*+1/t27?,29-;;;;;;;;;;;;;;;;;;;/m1.................../s1. The van der Waals surface area contributed by atoms with Crippen molar-refractivity contribution >= 4 is 143 Å². The largest absolute Gasteiger partial charge is 1.00 e. The van der Waals surface area contributed by atoms with Gasteiger partial charge in [0.05, 0.1) is 0 Å². The smallest absolute Gasteiger partial charge is 0.519 e. The van der Waals surface area contributed by atoms with Crippen molar-refractivity contribution in [2.24, 2.45) is 0 Å². The minimum atomic E-state index is -0.310. The van der Waals surface area contributed by atoms with Crippen LogP contribution in [0.3, 0.4) is 0 Å². The molecule has 16 rings (SSSR count). The van der Waals surface area contributed by atoms with E-state index in [1.54, 1.807) is 0 Å². The molecule has 1 unspecified atom stereocenters. The van der Waals surface area contributed by atoms with Crippen LogP contribution in [0.5, 0.6) is 0 Å². The van der Waals surface area contributed by atoms with E-state index in [2.05, 4.69) is 486 Å². The van der Waals surface area contributed by atoms with E-state index in [4.69, 9.17) is 94.7 Å². The molecular formula is C116H104Au8N8P8-2. The maximum Gasteiger partial charge on any atom is 1.00 e. The van der Waals surface area contributed by atoms with E-state index in [0.717, 1.165) is 0 Å². The summed E-state index contributed by atoms with van der Waals surface area (Å²) < 4.78 is 0. The van der Waals surface area contributed by atoms with Gasteiger partial charge < -0.3 is 113 Å². The Morgan fingerprint density at radius 2 is 0.286 bits per heavy atom. The van der Waals surface area contributed by atoms with E-state index >= 15 is 0 Å². The van der Waals surface area contributed by atoms with Gasteiger partial charge in [0.15, 0.2) is 0 Å². The summed E-state index contributed by atoms with van der Waals surface area (Å²) in [6.45, 7) is 38.0. The zero-order chi connectivity index (χ0) is 94.9. The molecule has 0 amide bonds. The molecule has 0 radical (unpaired) electrons. The third-order valence-electron chi connectivity index (χ3n) is 20.2. The number of hydrogen-bond acceptors (Lipinski definition) is 8. The molecule has 15 aromatic rings. The van der Waals surface area contributed by atoms with E-state index in [9.17, 15) is 0 Å². The van der Waals surface area contributed by atoms with Gasteiger partial charge in [0, 0.05) is 0 Å². The maximum absolute atomic E-state index is 6.25. The molecule has 24 heteroatoms. The molecule has 0 heterocycles. The molecule has 0 spiro atoms. The van der Waals surface area contributed by atoms with Crippen LogP contribution in [0, 0.1) is 107 Å². The van der Waals surface area contributed by atoms with Gasteiger partial charge in [-0.1, -0.05) is 463 Å². The minimum absolute atomic E-state index is 0. The average Bonchev–Trinajstić information content (AvgIpc) is 0.848. The molecule has 0 bridgehead atoms. The Balaban J connectivity index is -0.000000824. The summed E-state index contributed by atoms with van der Waals surface area (Å²) in [7, 11) is -2.44. The minimum Gasteiger partial charge on any atom is -0.519 e. The fourth-order valence-corrected chi connectivity index (χ4v) is 34.6. The van der Waals surface area contributed by atoms with Gasteiger partial charge in [0.1, 0.15) is 0 Å². The van der Waals surface area contributed by atoms with Gasteiger partial charge in [0.25, 0.3) is 0 Å². The van der Waals surface area contributed by atoms with Crippen LogP contribution in [0.1, 0.15) is 25.7 Å². The Morgan fingerprint density at radius 1 is 0.171 bits per heavy atom. The second kappa shape index (κ2) is 91.8. The van der Waals surface area contributed by atoms with Gasteiger partial charge in [-0.05, 0) is 210 Å². The Bertz CT molecular complexity index is 4670. The molecule has 1 aliphatic carbocycles. The molecular weight excluding hydrogens is 3330 g/mol. The zero-order valence-electron chi connectivity index (χ0n) is 76.2. The molecule has 140 heavy (non-hydrogen) atoms. The van der Waals surface area contributed by atoms with Crippen LogP contribution in [0.2, 0.25) is 0 Å². The van der Waals surface area contributed by atoms with Gasteiger partial charge in [-0.2, -0.15) is 0 Å². The van der Waals surface area contributed by atoms with Crippen LogP contribution in [-0.2, 0) is 179 Å². The van der Waals surface area contributed by atoms with Crippen LogP contribution in [0.25, 0.3) is 0 Å². The summed E-state index contributed by atoms with van der Waals surface area (Å²) in [5.41, 5.74) is 0.428. The van der Waals surface area contributed by atoms with Crippen LogP contribution in [0.15, 0.2) is 473 Å². The molecule has 0 saturated carbocycles. The first-order chi connectivity index (χ1) is 65.7. The molecule has 2 atom stereocenters. The van der Waals surface area contributed by atoms with E-state index in [0.29, 0.717) is 5.66 Å². The monoisotopic (exact) mass is 3430 g/mol. The molecule has 0 saturated heterocycles. The number of rotatable bonds is 32. The first-order valence-corrected chi connectivity index (χ1v) is 54.8. The number of nitrogens with zero attached hydrogens (tertiary/aromatic N) is 8. The third-order valence-corrected chi connectivity index (χ3v) is 41.2. The van der Waals surface area contributed by atoms with E-state index < -0.39 is 0 Å². The van der Waals surface area contributed by atoms with Crippen molar-refractivity contribution in [2.45, 2.75) is 31.3 Å². The molecule has 738 valence electrons. The molecule has 0 aliphatic heterocycles. The molecule has 8 nitrogen and oxygen atoms in total. The number of hydrogen-bond donors (Lipinski definition) is 0. The number of allylic oxidation sites excluding steroid dienone is 4. The summed E-state index contributed by atoms with van der Waals surface area (Å²) in [5, 5.41) is 72.3. The summed E-state index contributed by atoms with van der Waals surface area (Å²) in [6.07, 6.45) is 27.1. The predicted molar refractivity (Wildman–Crippen MR) is 569 cm³/mol. The first kappa shape index (κ1) is 139. The first-order valence-electron chi connectivity index (χ1n) is 42.5. The molecule has 0 fully saturated rings. The number of benzene rings is 15. The molecule has 15 aromatic carbocycles. The Hall–Kier alpha value is -7.07. The topological polar surface area (TPSA) is 190 Å². The average molecular weight is 3430 g/mol. The Morgan fingerprint density at radius 3 is 0.400 bits per heavy atom. The van der Waals surface area contributed by atoms with Crippen LogP contribution < -0.4 is 79.6 Å². The van der Waals surface area contributed by atoms with E-state index in [-0.39, 0.29) is 242 Å². The van der Waals surface area contributed by atoms with E-state index in [1.807, 2.05) is 0 Å². The fraction of sp³-hybridized carbons (Fsp3) is 0.112. The van der Waals surface area contributed by atoms with Gasteiger partial charge in [0.2, 0.25) is 0 Å². The van der Waals surface area contributed by atoms with Crippen LogP contribution in [-0.4, -0.2) is 55.0 Å². The maximum atomic E-state index is 6.25. The van der Waals surface area contributed by atoms with Gasteiger partial charge in [-0.25, -0.2) is 6.08 Å². The second-order valence-electron chi connectivity index (χ2n) is 28.1. The molecule has 0 aromatic heterocycles. The van der Waals surface area contributed by atoms with Crippen molar-refractivity contribution in [1.29, 1.82) is 42.1 Å². The summed E-state index contributed by atoms with van der Waals surface area (Å²) in [5.74, 6) is 0. The summed E-state index contributed by atoms with van der Waals surface area (Å²) in [6, 6.07) is 166. The SMILES string of the molecule is [Au+].[Au+].[Au+].[Au+].[Au+].[Au+].[Au+].[Au+].[C-]#N.[C-]#N.[C-]#N.[C-]#N.[C-]#N.[C-]#N.[C-]#N.[C-]#N.[C-]1=C[CH-]C=CC1[P@](CCCP(c1ccccc1)c1ccccc1)c1ccccc1.c1ccc(P(CCCP(c2ccccc2)c2ccccc2)c2ccccc2)cc1.c1ccc(P(CCCP(c2ccccc2)c2ccccc2)c2ccccc2)cc1.c1ccc(P(CCCP(c2ccccc2)c2ccccc2)c2ccccc2)cc1. The molecule has 0 N–H and O–H groups in total. The second-order valence-corrected chi connectivity index (χ2v) is 46.9. The van der Waals surface area contributed by atoms with Crippen LogP contribution >= 0.6 is 63.4 Å². The molecule has 1 aliphatic rings. The Kier molecular flexibility index (Phi) is 91.3. The summed E-state index contributed by atoms with van der Waals surface area (Å²) in [4.78, 5) is 0. The zero-order valence-corrected chi connectivity index (χ0v) is 101. The van der Waals surface area contributed by atoms with E-state index in [1.165, 1.54) is 155 Å². The normalized spacial score (nSPS) is 10.4. The quantitative estimate of drug-likeness (QED) is 0.0226. The van der Waals surface area contributed by atoms with Crippen molar-refractivity contribution in [3.05, 3.63) is 538 Å². The Labute approximate surface area is 971 Å². The predicted octanol–water partition coefficient (Wildman–Crippen LogP) is 23.5. The van der Waals surface area contributed by atoms with Gasteiger partial charge in [-0.15, -0.1) is 11.7 Å². The van der Waals surface area contributed by atoms with Crippen molar-refractivity contribution in [2.75, 3.05) is 49.3 Å². The summed E-state index contributed by atoms with van der Waals surface area (Å²) >= 11 is 0. The van der Waals surface area contributed by atoms with Crippen LogP contribution in [0.4, 0.5) is 0 Å². The van der Waals surface area contributed by atoms with Crippen molar-refractivity contribution in [3.8, 4) is 0 Å².